The summed E-state index contributed by atoms with van der Waals surface area (Å²) in [5.41, 5.74) is 5.56. The lowest BCUT2D eigenvalue weighted by atomic mass is 10.3. The van der Waals surface area contributed by atoms with Crippen LogP contribution < -0.4 is 5.73 Å². The minimum Gasteiger partial charge on any atom is -0.373 e. The molecule has 2 rings (SSSR count). The highest BCUT2D eigenvalue weighted by Crippen LogP contribution is 2.18. The zero-order valence-corrected chi connectivity index (χ0v) is 12.3. The van der Waals surface area contributed by atoms with Crippen molar-refractivity contribution in [2.75, 3.05) is 32.0 Å². The van der Waals surface area contributed by atoms with E-state index in [2.05, 4.69) is 0 Å². The fourth-order valence-corrected chi connectivity index (χ4v) is 2.66. The monoisotopic (exact) mass is 302 g/mol. The Morgan fingerprint density at radius 1 is 1.42 bits per heavy atom. The van der Waals surface area contributed by atoms with E-state index in [0.717, 1.165) is 4.90 Å². The molecule has 106 valence electrons. The van der Waals surface area contributed by atoms with Crippen LogP contribution in [0.2, 0.25) is 0 Å². The SMILES string of the molecule is Cl.NCC1CN(C(=O)CSc2ccccc2)CCO1. The fourth-order valence-electron chi connectivity index (χ4n) is 1.84. The fraction of sp³-hybridized carbons (Fsp3) is 0.462. The Bertz CT molecular complexity index is 391. The second-order valence-electron chi connectivity index (χ2n) is 4.17. The highest BCUT2D eigenvalue weighted by atomic mass is 35.5. The number of nitrogens with two attached hydrogens (primary N) is 1. The van der Waals surface area contributed by atoms with Gasteiger partial charge < -0.3 is 15.4 Å². The quantitative estimate of drug-likeness (QED) is 0.854. The molecule has 1 amide bonds. The van der Waals surface area contributed by atoms with Crippen molar-refractivity contribution < 1.29 is 9.53 Å². The summed E-state index contributed by atoms with van der Waals surface area (Å²) >= 11 is 1.57. The number of carbonyl (C=O) groups is 1. The molecule has 0 aromatic heterocycles. The zero-order chi connectivity index (χ0) is 12.8. The smallest absolute Gasteiger partial charge is 0.233 e. The van der Waals surface area contributed by atoms with Gasteiger partial charge in [0.1, 0.15) is 0 Å². The van der Waals surface area contributed by atoms with Gasteiger partial charge in [-0.1, -0.05) is 18.2 Å². The summed E-state index contributed by atoms with van der Waals surface area (Å²) in [5, 5.41) is 0. The number of thioether (sulfide) groups is 1. The molecule has 6 heteroatoms. The maximum Gasteiger partial charge on any atom is 0.233 e. The molecular formula is C13H19ClN2O2S. The van der Waals surface area contributed by atoms with Crippen LogP contribution in [0.1, 0.15) is 0 Å². The molecule has 1 aromatic carbocycles. The van der Waals surface area contributed by atoms with E-state index < -0.39 is 0 Å². The molecule has 1 aromatic rings. The minimum atomic E-state index is -0.00979. The third kappa shape index (κ3) is 5.03. The van der Waals surface area contributed by atoms with E-state index in [1.807, 2.05) is 35.2 Å². The van der Waals surface area contributed by atoms with E-state index in [9.17, 15) is 4.79 Å². The van der Waals surface area contributed by atoms with Crippen LogP contribution in [0, 0.1) is 0 Å². The summed E-state index contributed by atoms with van der Waals surface area (Å²) in [6, 6.07) is 9.96. The van der Waals surface area contributed by atoms with Crippen molar-refractivity contribution in [3.63, 3.8) is 0 Å². The summed E-state index contributed by atoms with van der Waals surface area (Å²) in [6.45, 7) is 2.34. The Kier molecular flexibility index (Phi) is 7.23. The summed E-state index contributed by atoms with van der Waals surface area (Å²) in [4.78, 5) is 15.0. The predicted molar refractivity (Wildman–Crippen MR) is 79.8 cm³/mol. The van der Waals surface area contributed by atoms with E-state index in [4.69, 9.17) is 10.5 Å². The van der Waals surface area contributed by atoms with E-state index in [1.165, 1.54) is 0 Å². The molecule has 1 aliphatic heterocycles. The van der Waals surface area contributed by atoms with Gasteiger partial charge in [0.25, 0.3) is 0 Å². The van der Waals surface area contributed by atoms with Crippen LogP contribution >= 0.6 is 24.2 Å². The Morgan fingerprint density at radius 3 is 2.84 bits per heavy atom. The maximum absolute atomic E-state index is 12.0. The van der Waals surface area contributed by atoms with Gasteiger partial charge in [0.05, 0.1) is 18.5 Å². The number of amides is 1. The molecule has 1 heterocycles. The molecule has 0 aliphatic carbocycles. The van der Waals surface area contributed by atoms with Crippen molar-refractivity contribution >= 4 is 30.1 Å². The van der Waals surface area contributed by atoms with Gasteiger partial charge in [-0.15, -0.1) is 24.2 Å². The first-order valence-corrected chi connectivity index (χ1v) is 7.05. The van der Waals surface area contributed by atoms with Gasteiger partial charge in [-0.3, -0.25) is 4.79 Å². The third-order valence-corrected chi connectivity index (χ3v) is 3.86. The van der Waals surface area contributed by atoms with Gasteiger partial charge in [-0.2, -0.15) is 0 Å². The second-order valence-corrected chi connectivity index (χ2v) is 5.22. The topological polar surface area (TPSA) is 55.6 Å². The number of morpholine rings is 1. The van der Waals surface area contributed by atoms with Gasteiger partial charge in [0.15, 0.2) is 0 Å². The summed E-state index contributed by atoms with van der Waals surface area (Å²) in [7, 11) is 0. The molecule has 0 spiro atoms. The number of rotatable bonds is 4. The molecule has 2 N–H and O–H groups in total. The van der Waals surface area contributed by atoms with Crippen molar-refractivity contribution in [3.8, 4) is 0 Å². The Balaban J connectivity index is 0.00000180. The van der Waals surface area contributed by atoms with Gasteiger partial charge in [0, 0.05) is 24.5 Å². The first-order chi connectivity index (χ1) is 8.79. The molecule has 1 unspecified atom stereocenters. The van der Waals surface area contributed by atoms with E-state index in [0.29, 0.717) is 32.0 Å². The van der Waals surface area contributed by atoms with Gasteiger partial charge in [-0.25, -0.2) is 0 Å². The molecule has 4 nitrogen and oxygen atoms in total. The highest BCUT2D eigenvalue weighted by molar-refractivity contribution is 8.00. The summed E-state index contributed by atoms with van der Waals surface area (Å²) in [6.07, 6.45) is -0.00979. The normalized spacial score (nSPS) is 18.8. The standard InChI is InChI=1S/C13H18N2O2S.ClH/c14-8-11-9-15(6-7-17-11)13(16)10-18-12-4-2-1-3-5-12;/h1-5,11H,6-10,14H2;1H. The number of hydrogen-bond acceptors (Lipinski definition) is 4. The average Bonchev–Trinajstić information content (AvgIpc) is 2.46. The van der Waals surface area contributed by atoms with E-state index in [-0.39, 0.29) is 24.4 Å². The molecule has 0 bridgehead atoms. The molecule has 0 saturated carbocycles. The molecule has 1 aliphatic rings. The van der Waals surface area contributed by atoms with Gasteiger partial charge in [-0.05, 0) is 12.1 Å². The number of benzene rings is 1. The lowest BCUT2D eigenvalue weighted by Gasteiger charge is -2.32. The van der Waals surface area contributed by atoms with Gasteiger partial charge >= 0.3 is 0 Å². The van der Waals surface area contributed by atoms with Crippen LogP contribution in [-0.2, 0) is 9.53 Å². The Hall–Kier alpha value is -0.750. The number of ether oxygens (including phenoxy) is 1. The molecule has 1 saturated heterocycles. The van der Waals surface area contributed by atoms with Crippen LogP contribution in [0.5, 0.6) is 0 Å². The van der Waals surface area contributed by atoms with Crippen LogP contribution in [0.25, 0.3) is 0 Å². The minimum absolute atomic E-state index is 0. The van der Waals surface area contributed by atoms with Crippen molar-refractivity contribution in [3.05, 3.63) is 30.3 Å². The summed E-state index contributed by atoms with van der Waals surface area (Å²) in [5.74, 6) is 0.631. The average molecular weight is 303 g/mol. The number of carbonyl (C=O) groups excluding carboxylic acids is 1. The third-order valence-electron chi connectivity index (χ3n) is 2.86. The van der Waals surface area contributed by atoms with Crippen LogP contribution in [0.3, 0.4) is 0 Å². The van der Waals surface area contributed by atoms with Crippen molar-refractivity contribution in [2.45, 2.75) is 11.0 Å². The molecule has 1 fully saturated rings. The van der Waals surface area contributed by atoms with Crippen molar-refractivity contribution in [1.29, 1.82) is 0 Å². The summed E-state index contributed by atoms with van der Waals surface area (Å²) < 4.78 is 5.44. The Morgan fingerprint density at radius 2 is 2.16 bits per heavy atom. The molecular weight excluding hydrogens is 284 g/mol. The van der Waals surface area contributed by atoms with Crippen LogP contribution in [0.4, 0.5) is 0 Å². The van der Waals surface area contributed by atoms with Gasteiger partial charge in [0.2, 0.25) is 5.91 Å². The highest BCUT2D eigenvalue weighted by Gasteiger charge is 2.22. The number of nitrogens with zero attached hydrogens (tertiary/aromatic N) is 1. The molecule has 1 atom stereocenters. The number of halogens is 1. The van der Waals surface area contributed by atoms with Crippen LogP contribution in [0.15, 0.2) is 35.2 Å². The van der Waals surface area contributed by atoms with E-state index >= 15 is 0 Å². The van der Waals surface area contributed by atoms with Crippen molar-refractivity contribution in [2.24, 2.45) is 5.73 Å². The first-order valence-electron chi connectivity index (χ1n) is 6.07. The molecule has 0 radical (unpaired) electrons. The lowest BCUT2D eigenvalue weighted by Crippen LogP contribution is -2.48. The zero-order valence-electron chi connectivity index (χ0n) is 10.7. The number of hydrogen-bond donors (Lipinski definition) is 1. The maximum atomic E-state index is 12.0. The lowest BCUT2D eigenvalue weighted by molar-refractivity contribution is -0.135. The predicted octanol–water partition coefficient (Wildman–Crippen LogP) is 1.39. The largest absolute Gasteiger partial charge is 0.373 e. The van der Waals surface area contributed by atoms with Crippen LogP contribution in [-0.4, -0.2) is 48.9 Å². The van der Waals surface area contributed by atoms with Crippen molar-refractivity contribution in [1.82, 2.24) is 4.90 Å². The molecule has 19 heavy (non-hydrogen) atoms. The van der Waals surface area contributed by atoms with E-state index in [1.54, 1.807) is 11.8 Å². The Labute approximate surface area is 124 Å². The first kappa shape index (κ1) is 16.3. The second kappa shape index (κ2) is 8.43.